The predicted molar refractivity (Wildman–Crippen MR) is 107 cm³/mol. The van der Waals surface area contributed by atoms with Crippen molar-refractivity contribution >= 4 is 17.8 Å². The summed E-state index contributed by atoms with van der Waals surface area (Å²) < 4.78 is 0. The normalized spacial score (nSPS) is 14.3. The van der Waals surface area contributed by atoms with E-state index in [2.05, 4.69) is 47.2 Å². The number of hydrogen-bond acceptors (Lipinski definition) is 3. The summed E-state index contributed by atoms with van der Waals surface area (Å²) in [6.45, 7) is 7.00. The summed E-state index contributed by atoms with van der Waals surface area (Å²) in [5.41, 5.74) is 3.41. The van der Waals surface area contributed by atoms with Gasteiger partial charge in [0, 0.05) is 31.9 Å². The molecule has 1 amide bonds. The standard InChI is InChI=1S/C22H27N3O/c1-17(2)20-8-5-18(6-9-20)7-10-22(26)24-16-19-11-12-23-21(15-19)25-13-3-4-14-25/h5-12,15,17H,3-4,13-14,16H2,1-2H3,(H,24,26)/b10-7+. The number of carbonyl (C=O) groups excluding carboxylic acids is 1. The number of hydrogen-bond donors (Lipinski definition) is 1. The Morgan fingerprint density at radius 3 is 2.62 bits per heavy atom. The molecule has 1 N–H and O–H groups in total. The molecule has 0 bridgehead atoms. The molecule has 136 valence electrons. The smallest absolute Gasteiger partial charge is 0.244 e. The van der Waals surface area contributed by atoms with Gasteiger partial charge in [-0.05, 0) is 53.7 Å². The summed E-state index contributed by atoms with van der Waals surface area (Å²) in [5.74, 6) is 1.44. The molecule has 1 aromatic carbocycles. The highest BCUT2D eigenvalue weighted by molar-refractivity contribution is 5.91. The van der Waals surface area contributed by atoms with Gasteiger partial charge in [-0.15, -0.1) is 0 Å². The van der Waals surface area contributed by atoms with Crippen molar-refractivity contribution in [2.45, 2.75) is 39.2 Å². The summed E-state index contributed by atoms with van der Waals surface area (Å²) in [6.07, 6.45) is 7.72. The van der Waals surface area contributed by atoms with E-state index in [0.29, 0.717) is 12.5 Å². The van der Waals surface area contributed by atoms with Gasteiger partial charge in [-0.25, -0.2) is 4.98 Å². The molecule has 2 aromatic rings. The number of pyridine rings is 1. The molecule has 1 saturated heterocycles. The fourth-order valence-electron chi connectivity index (χ4n) is 3.10. The molecule has 26 heavy (non-hydrogen) atoms. The van der Waals surface area contributed by atoms with Gasteiger partial charge in [-0.3, -0.25) is 4.79 Å². The number of rotatable bonds is 6. The van der Waals surface area contributed by atoms with E-state index in [9.17, 15) is 4.79 Å². The molecule has 1 aliphatic rings. The van der Waals surface area contributed by atoms with Gasteiger partial charge in [0.05, 0.1) is 0 Å². The van der Waals surface area contributed by atoms with Crippen molar-refractivity contribution < 1.29 is 4.79 Å². The molecular weight excluding hydrogens is 322 g/mol. The van der Waals surface area contributed by atoms with Gasteiger partial charge in [-0.1, -0.05) is 38.1 Å². The highest BCUT2D eigenvalue weighted by Gasteiger charge is 2.13. The largest absolute Gasteiger partial charge is 0.357 e. The molecule has 0 radical (unpaired) electrons. The number of anilines is 1. The molecule has 1 aliphatic heterocycles. The Hall–Kier alpha value is -2.62. The summed E-state index contributed by atoms with van der Waals surface area (Å²) in [4.78, 5) is 18.8. The van der Waals surface area contributed by atoms with Crippen molar-refractivity contribution in [3.05, 3.63) is 65.4 Å². The van der Waals surface area contributed by atoms with E-state index in [1.165, 1.54) is 18.4 Å². The lowest BCUT2D eigenvalue weighted by Crippen LogP contribution is -2.22. The van der Waals surface area contributed by atoms with Crippen LogP contribution < -0.4 is 10.2 Å². The van der Waals surface area contributed by atoms with E-state index >= 15 is 0 Å². The fourth-order valence-corrected chi connectivity index (χ4v) is 3.10. The number of benzene rings is 1. The first-order chi connectivity index (χ1) is 12.6. The van der Waals surface area contributed by atoms with Gasteiger partial charge in [0.25, 0.3) is 0 Å². The van der Waals surface area contributed by atoms with E-state index in [4.69, 9.17) is 0 Å². The summed E-state index contributed by atoms with van der Waals surface area (Å²) >= 11 is 0. The molecule has 2 heterocycles. The van der Waals surface area contributed by atoms with Crippen molar-refractivity contribution in [1.82, 2.24) is 10.3 Å². The van der Waals surface area contributed by atoms with E-state index in [1.807, 2.05) is 30.5 Å². The zero-order valence-electron chi connectivity index (χ0n) is 15.6. The molecular formula is C22H27N3O. The molecule has 0 unspecified atom stereocenters. The van der Waals surface area contributed by atoms with Crippen LogP contribution in [0.1, 0.15) is 49.3 Å². The van der Waals surface area contributed by atoms with Crippen LogP contribution in [0.3, 0.4) is 0 Å². The van der Waals surface area contributed by atoms with E-state index in [0.717, 1.165) is 30.0 Å². The summed E-state index contributed by atoms with van der Waals surface area (Å²) in [5, 5.41) is 2.94. The lowest BCUT2D eigenvalue weighted by atomic mass is 10.0. The third kappa shape index (κ3) is 4.94. The third-order valence-corrected chi connectivity index (χ3v) is 4.74. The maximum Gasteiger partial charge on any atom is 0.244 e. The van der Waals surface area contributed by atoms with Crippen molar-refractivity contribution in [1.29, 1.82) is 0 Å². The van der Waals surface area contributed by atoms with Crippen LogP contribution in [0.25, 0.3) is 6.08 Å². The first kappa shape index (κ1) is 18.2. The lowest BCUT2D eigenvalue weighted by Gasteiger charge is -2.16. The number of nitrogens with one attached hydrogen (secondary N) is 1. The third-order valence-electron chi connectivity index (χ3n) is 4.74. The molecule has 0 aliphatic carbocycles. The predicted octanol–water partition coefficient (Wildman–Crippen LogP) is 4.13. The minimum Gasteiger partial charge on any atom is -0.357 e. The summed E-state index contributed by atoms with van der Waals surface area (Å²) in [7, 11) is 0. The zero-order chi connectivity index (χ0) is 18.4. The van der Waals surface area contributed by atoms with Crippen LogP contribution in [0.15, 0.2) is 48.7 Å². The van der Waals surface area contributed by atoms with Crippen LogP contribution in [0.4, 0.5) is 5.82 Å². The summed E-state index contributed by atoms with van der Waals surface area (Å²) in [6, 6.07) is 12.3. The second-order valence-electron chi connectivity index (χ2n) is 7.09. The Morgan fingerprint density at radius 2 is 1.92 bits per heavy atom. The SMILES string of the molecule is CC(C)c1ccc(/C=C/C(=O)NCc2ccnc(N3CCCC3)c2)cc1. The average molecular weight is 349 g/mol. The number of amides is 1. The average Bonchev–Trinajstić information content (AvgIpc) is 3.20. The highest BCUT2D eigenvalue weighted by Crippen LogP contribution is 2.18. The van der Waals surface area contributed by atoms with Gasteiger partial charge in [0.1, 0.15) is 5.82 Å². The second kappa shape index (κ2) is 8.65. The van der Waals surface area contributed by atoms with E-state index < -0.39 is 0 Å². The first-order valence-corrected chi connectivity index (χ1v) is 9.37. The van der Waals surface area contributed by atoms with Crippen molar-refractivity contribution in [3.8, 4) is 0 Å². The van der Waals surface area contributed by atoms with Crippen LogP contribution in [-0.2, 0) is 11.3 Å². The minimum atomic E-state index is -0.0857. The Morgan fingerprint density at radius 1 is 1.19 bits per heavy atom. The number of carbonyl (C=O) groups is 1. The van der Waals surface area contributed by atoms with Gasteiger partial charge in [-0.2, -0.15) is 0 Å². The molecule has 3 rings (SSSR count). The van der Waals surface area contributed by atoms with Gasteiger partial charge in [0.2, 0.25) is 5.91 Å². The van der Waals surface area contributed by atoms with Crippen LogP contribution in [0, 0.1) is 0 Å². The Balaban J connectivity index is 1.53. The molecule has 1 aromatic heterocycles. The molecule has 1 fully saturated rings. The lowest BCUT2D eigenvalue weighted by molar-refractivity contribution is -0.116. The Labute approximate surface area is 155 Å². The van der Waals surface area contributed by atoms with Gasteiger partial charge in [0.15, 0.2) is 0 Å². The van der Waals surface area contributed by atoms with Crippen LogP contribution in [0.2, 0.25) is 0 Å². The van der Waals surface area contributed by atoms with Gasteiger partial charge >= 0.3 is 0 Å². The Bertz CT molecular complexity index is 759. The molecule has 0 saturated carbocycles. The number of aromatic nitrogens is 1. The van der Waals surface area contributed by atoms with Crippen LogP contribution in [0.5, 0.6) is 0 Å². The molecule has 4 heteroatoms. The maximum absolute atomic E-state index is 12.1. The van der Waals surface area contributed by atoms with E-state index in [-0.39, 0.29) is 5.91 Å². The monoisotopic (exact) mass is 349 g/mol. The molecule has 0 spiro atoms. The van der Waals surface area contributed by atoms with Crippen molar-refractivity contribution in [2.75, 3.05) is 18.0 Å². The highest BCUT2D eigenvalue weighted by atomic mass is 16.1. The van der Waals surface area contributed by atoms with Crippen LogP contribution >= 0.6 is 0 Å². The minimum absolute atomic E-state index is 0.0857. The molecule has 0 atom stereocenters. The first-order valence-electron chi connectivity index (χ1n) is 9.37. The zero-order valence-corrected chi connectivity index (χ0v) is 15.6. The van der Waals surface area contributed by atoms with Crippen molar-refractivity contribution in [3.63, 3.8) is 0 Å². The van der Waals surface area contributed by atoms with Crippen LogP contribution in [-0.4, -0.2) is 24.0 Å². The fraction of sp³-hybridized carbons (Fsp3) is 0.364. The Kier molecular flexibility index (Phi) is 6.05. The molecule has 4 nitrogen and oxygen atoms in total. The quantitative estimate of drug-likeness (QED) is 0.798. The van der Waals surface area contributed by atoms with Gasteiger partial charge < -0.3 is 10.2 Å². The number of nitrogens with zero attached hydrogens (tertiary/aromatic N) is 2. The van der Waals surface area contributed by atoms with E-state index in [1.54, 1.807) is 6.08 Å². The maximum atomic E-state index is 12.1. The van der Waals surface area contributed by atoms with Crippen molar-refractivity contribution in [2.24, 2.45) is 0 Å². The second-order valence-corrected chi connectivity index (χ2v) is 7.09. The topological polar surface area (TPSA) is 45.2 Å².